The molecule has 0 fully saturated rings. The average Bonchev–Trinajstić information content (AvgIpc) is 1.86. The van der Waals surface area contributed by atoms with E-state index >= 15 is 0 Å². The number of rotatable bonds is 1. The standard InChI is InChI=1S/C4H5N3O2S/c1-2-4-3-10(8,9)7-6-5-4/h2-3H,1H2,(H,5,7). The number of nitrogens with one attached hydrogen (secondary N) is 1. The van der Waals surface area contributed by atoms with Crippen LogP contribution in [0.4, 0.5) is 0 Å². The molecule has 0 aromatic rings. The second kappa shape index (κ2) is 2.22. The van der Waals surface area contributed by atoms with Gasteiger partial charge in [0.1, 0.15) is 0 Å². The number of hydrogen-bond donors (Lipinski definition) is 1. The van der Waals surface area contributed by atoms with Gasteiger partial charge in [0.05, 0.1) is 11.1 Å². The molecule has 6 heteroatoms. The Balaban J connectivity index is 3.06. The van der Waals surface area contributed by atoms with Crippen molar-refractivity contribution in [3.05, 3.63) is 23.8 Å². The molecule has 0 aromatic heterocycles. The minimum Gasteiger partial charge on any atom is -0.258 e. The molecule has 0 radical (unpaired) electrons. The van der Waals surface area contributed by atoms with Gasteiger partial charge in [0, 0.05) is 0 Å². The number of sulfonamides is 1. The quantitative estimate of drug-likeness (QED) is 0.598. The molecule has 0 atom stereocenters. The van der Waals surface area contributed by atoms with Crippen LogP contribution in [-0.2, 0) is 10.0 Å². The molecule has 0 aromatic carbocycles. The predicted octanol–water partition coefficient (Wildman–Crippen LogP) is 0.314. The summed E-state index contributed by atoms with van der Waals surface area (Å²) < 4.78 is 24.1. The summed E-state index contributed by atoms with van der Waals surface area (Å²) in [6.45, 7) is 3.35. The molecular weight excluding hydrogens is 154 g/mol. The highest BCUT2D eigenvalue weighted by Gasteiger charge is 2.09. The Hall–Kier alpha value is -1.17. The van der Waals surface area contributed by atoms with E-state index in [-0.39, 0.29) is 0 Å². The molecular formula is C4H5N3O2S. The van der Waals surface area contributed by atoms with Crippen LogP contribution in [0.3, 0.4) is 0 Å². The Morgan fingerprint density at radius 2 is 2.40 bits per heavy atom. The van der Waals surface area contributed by atoms with Gasteiger partial charge in [0.2, 0.25) is 0 Å². The second-order valence-corrected chi connectivity index (χ2v) is 3.01. The Morgan fingerprint density at radius 3 is 2.80 bits per heavy atom. The van der Waals surface area contributed by atoms with Gasteiger partial charge in [-0.05, 0) is 10.6 Å². The van der Waals surface area contributed by atoms with E-state index in [1.807, 2.05) is 0 Å². The van der Waals surface area contributed by atoms with Crippen LogP contribution in [0.2, 0.25) is 0 Å². The number of nitrogens with zero attached hydrogens (tertiary/aromatic N) is 2. The smallest absolute Gasteiger partial charge is 0.258 e. The summed E-state index contributed by atoms with van der Waals surface area (Å²) in [5.41, 5.74) is 2.68. The van der Waals surface area contributed by atoms with Crippen LogP contribution in [0.5, 0.6) is 0 Å². The van der Waals surface area contributed by atoms with Crippen molar-refractivity contribution in [2.45, 2.75) is 0 Å². The number of allylic oxidation sites excluding steroid dienone is 1. The van der Waals surface area contributed by atoms with E-state index in [0.717, 1.165) is 5.41 Å². The van der Waals surface area contributed by atoms with E-state index in [1.54, 1.807) is 0 Å². The van der Waals surface area contributed by atoms with Crippen LogP contribution in [0, 0.1) is 0 Å². The Bertz CT molecular complexity index is 300. The fourth-order valence-corrected chi connectivity index (χ4v) is 1.11. The lowest BCUT2D eigenvalue weighted by molar-refractivity contribution is 0.598. The van der Waals surface area contributed by atoms with Crippen molar-refractivity contribution in [3.8, 4) is 0 Å². The van der Waals surface area contributed by atoms with Crippen molar-refractivity contribution in [2.75, 3.05) is 0 Å². The minimum absolute atomic E-state index is 0.329. The van der Waals surface area contributed by atoms with Crippen LogP contribution in [-0.4, -0.2) is 8.42 Å². The molecule has 0 spiro atoms. The summed E-state index contributed by atoms with van der Waals surface area (Å²) in [7, 11) is -3.48. The zero-order valence-corrected chi connectivity index (χ0v) is 5.80. The first-order chi connectivity index (χ1) is 4.64. The van der Waals surface area contributed by atoms with E-state index < -0.39 is 10.0 Å². The molecule has 0 bridgehead atoms. The molecule has 1 rings (SSSR count). The van der Waals surface area contributed by atoms with Crippen LogP contribution in [0.15, 0.2) is 33.5 Å². The van der Waals surface area contributed by atoms with Gasteiger partial charge >= 0.3 is 0 Å². The van der Waals surface area contributed by atoms with Crippen LogP contribution >= 0.6 is 0 Å². The lowest BCUT2D eigenvalue weighted by Gasteiger charge is -2.01. The third-order valence-electron chi connectivity index (χ3n) is 0.830. The average molecular weight is 159 g/mol. The zero-order chi connectivity index (χ0) is 7.61. The van der Waals surface area contributed by atoms with Crippen molar-refractivity contribution in [1.82, 2.24) is 5.43 Å². The first-order valence-corrected chi connectivity index (χ1v) is 3.91. The molecule has 0 saturated heterocycles. The van der Waals surface area contributed by atoms with Gasteiger partial charge in [0.15, 0.2) is 0 Å². The SMILES string of the molecule is C=CC1=CS(=O)(=O)N=NN1. The fraction of sp³-hybridized carbons (Fsp3) is 0. The summed E-state index contributed by atoms with van der Waals surface area (Å²) in [5.74, 6) is 0. The summed E-state index contributed by atoms with van der Waals surface area (Å²) in [5, 5.41) is 4.08. The molecule has 54 valence electrons. The monoisotopic (exact) mass is 159 g/mol. The second-order valence-electron chi connectivity index (χ2n) is 1.59. The third kappa shape index (κ3) is 1.41. The van der Waals surface area contributed by atoms with Gasteiger partial charge in [-0.1, -0.05) is 11.8 Å². The summed E-state index contributed by atoms with van der Waals surface area (Å²) >= 11 is 0. The van der Waals surface area contributed by atoms with Crippen molar-refractivity contribution in [2.24, 2.45) is 9.74 Å². The summed E-state index contributed by atoms with van der Waals surface area (Å²) in [6, 6.07) is 0. The normalized spacial score (nSPS) is 21.0. The van der Waals surface area contributed by atoms with Crippen molar-refractivity contribution in [1.29, 1.82) is 0 Å². The number of hydrogen-bond acceptors (Lipinski definition) is 4. The fourth-order valence-electron chi connectivity index (χ4n) is 0.439. The van der Waals surface area contributed by atoms with Gasteiger partial charge in [-0.25, -0.2) is 0 Å². The van der Waals surface area contributed by atoms with E-state index in [1.165, 1.54) is 6.08 Å². The third-order valence-corrected chi connectivity index (χ3v) is 1.69. The minimum atomic E-state index is -3.48. The Kier molecular flexibility index (Phi) is 1.54. The summed E-state index contributed by atoms with van der Waals surface area (Å²) in [6.07, 6.45) is 1.34. The van der Waals surface area contributed by atoms with Crippen molar-refractivity contribution < 1.29 is 8.42 Å². The Morgan fingerprint density at radius 1 is 1.70 bits per heavy atom. The van der Waals surface area contributed by atoms with Crippen molar-refractivity contribution in [3.63, 3.8) is 0 Å². The van der Waals surface area contributed by atoms with E-state index in [0.29, 0.717) is 5.70 Å². The van der Waals surface area contributed by atoms with E-state index in [2.05, 4.69) is 21.7 Å². The Labute approximate surface area is 58.2 Å². The lowest BCUT2D eigenvalue weighted by atomic mass is 10.5. The van der Waals surface area contributed by atoms with E-state index in [9.17, 15) is 8.42 Å². The largest absolute Gasteiger partial charge is 0.296 e. The van der Waals surface area contributed by atoms with Gasteiger partial charge in [-0.3, -0.25) is 5.43 Å². The van der Waals surface area contributed by atoms with Crippen LogP contribution in [0.25, 0.3) is 0 Å². The molecule has 1 aliphatic rings. The maximum Gasteiger partial charge on any atom is 0.296 e. The molecule has 5 nitrogen and oxygen atoms in total. The lowest BCUT2D eigenvalue weighted by Crippen LogP contribution is -2.09. The maximum atomic E-state index is 10.6. The maximum absolute atomic E-state index is 10.6. The van der Waals surface area contributed by atoms with Crippen LogP contribution < -0.4 is 5.43 Å². The highest BCUT2D eigenvalue weighted by atomic mass is 32.2. The molecule has 0 amide bonds. The predicted molar refractivity (Wildman–Crippen MR) is 35.2 cm³/mol. The van der Waals surface area contributed by atoms with Gasteiger partial charge in [-0.2, -0.15) is 8.42 Å². The highest BCUT2D eigenvalue weighted by molar-refractivity contribution is 7.92. The topological polar surface area (TPSA) is 70.9 Å². The van der Waals surface area contributed by atoms with Crippen molar-refractivity contribution >= 4 is 10.0 Å². The zero-order valence-electron chi connectivity index (χ0n) is 4.98. The van der Waals surface area contributed by atoms with Gasteiger partial charge in [-0.15, -0.1) is 0 Å². The van der Waals surface area contributed by atoms with E-state index in [4.69, 9.17) is 0 Å². The molecule has 1 heterocycles. The molecule has 10 heavy (non-hydrogen) atoms. The molecule has 1 aliphatic heterocycles. The molecule has 0 saturated carbocycles. The molecule has 1 N–H and O–H groups in total. The first-order valence-electron chi connectivity index (χ1n) is 2.41. The van der Waals surface area contributed by atoms with Crippen LogP contribution in [0.1, 0.15) is 0 Å². The first kappa shape index (κ1) is 6.94. The van der Waals surface area contributed by atoms with Gasteiger partial charge < -0.3 is 0 Å². The van der Waals surface area contributed by atoms with Gasteiger partial charge in [0.25, 0.3) is 10.0 Å². The highest BCUT2D eigenvalue weighted by Crippen LogP contribution is 2.05. The molecule has 0 aliphatic carbocycles. The summed E-state index contributed by atoms with van der Waals surface area (Å²) in [4.78, 5) is 0. The molecule has 0 unspecified atom stereocenters.